The average molecular weight is 363 g/mol. The number of hydrogen-bond donors (Lipinski definition) is 1. The zero-order chi connectivity index (χ0) is 19.3. The molecule has 134 valence electrons. The first-order valence-corrected chi connectivity index (χ1v) is 9.22. The molecule has 3 nitrogen and oxygen atoms in total. The minimum Gasteiger partial charge on any atom is -0.358 e. The van der Waals surface area contributed by atoms with Crippen molar-refractivity contribution in [1.29, 1.82) is 0 Å². The summed E-state index contributed by atoms with van der Waals surface area (Å²) in [4.78, 5) is 30.5. The smallest absolute Gasteiger partial charge is 0.195 e. The molecular formula is C25H17NO2. The minimum atomic E-state index is -0.110. The van der Waals surface area contributed by atoms with Gasteiger partial charge in [-0.1, -0.05) is 72.8 Å². The summed E-state index contributed by atoms with van der Waals surface area (Å²) in [5.74, 6) is -0.219. The van der Waals surface area contributed by atoms with Gasteiger partial charge in [0.15, 0.2) is 11.6 Å². The van der Waals surface area contributed by atoms with Crippen LogP contribution in [0, 0.1) is 6.92 Å². The third-order valence-corrected chi connectivity index (χ3v) is 5.33. The molecular weight excluding hydrogens is 346 g/mol. The Morgan fingerprint density at radius 3 is 1.93 bits per heavy atom. The van der Waals surface area contributed by atoms with E-state index in [1.165, 1.54) is 0 Å². The molecule has 0 saturated carbocycles. The molecule has 1 N–H and O–H groups in total. The highest BCUT2D eigenvalue weighted by atomic mass is 16.1. The molecule has 1 aliphatic rings. The number of allylic oxidation sites excluding steroid dienone is 2. The molecule has 0 spiro atoms. The van der Waals surface area contributed by atoms with Crippen LogP contribution in [-0.4, -0.2) is 16.6 Å². The largest absolute Gasteiger partial charge is 0.358 e. The molecule has 0 amide bonds. The van der Waals surface area contributed by atoms with Crippen LogP contribution < -0.4 is 0 Å². The molecule has 0 atom stereocenters. The number of benzene rings is 3. The number of Topliss-reactive ketones (excluding diaryl/α,β-unsaturated/α-hetero) is 2. The van der Waals surface area contributed by atoms with Crippen molar-refractivity contribution in [3.05, 3.63) is 107 Å². The SMILES string of the molecule is Cc1[nH]c2ccccc2c1C1=C(c2ccccc2)C(=O)c2ccccc2C1=O. The summed E-state index contributed by atoms with van der Waals surface area (Å²) in [6, 6.07) is 24.4. The Kier molecular flexibility index (Phi) is 3.63. The fourth-order valence-electron chi connectivity index (χ4n) is 4.09. The number of ketones is 2. The summed E-state index contributed by atoms with van der Waals surface area (Å²) in [7, 11) is 0. The second-order valence-corrected chi connectivity index (χ2v) is 6.99. The van der Waals surface area contributed by atoms with Gasteiger partial charge in [0, 0.05) is 44.4 Å². The van der Waals surface area contributed by atoms with Crippen molar-refractivity contribution < 1.29 is 9.59 Å². The molecule has 1 heterocycles. The number of hydrogen-bond acceptors (Lipinski definition) is 2. The molecule has 0 aliphatic heterocycles. The van der Waals surface area contributed by atoms with E-state index in [1.807, 2.05) is 61.5 Å². The highest BCUT2D eigenvalue weighted by molar-refractivity contribution is 6.52. The van der Waals surface area contributed by atoms with Gasteiger partial charge in [0.05, 0.1) is 0 Å². The number of aromatic amines is 1. The predicted octanol–water partition coefficient (Wildman–Crippen LogP) is 5.47. The topological polar surface area (TPSA) is 49.9 Å². The van der Waals surface area contributed by atoms with E-state index in [0.29, 0.717) is 22.3 Å². The second-order valence-electron chi connectivity index (χ2n) is 6.99. The molecule has 0 fully saturated rings. The number of aromatic nitrogens is 1. The molecule has 5 rings (SSSR count). The van der Waals surface area contributed by atoms with Gasteiger partial charge in [-0.25, -0.2) is 0 Å². The molecule has 0 bridgehead atoms. The Hall–Kier alpha value is -3.72. The predicted molar refractivity (Wildman–Crippen MR) is 111 cm³/mol. The lowest BCUT2D eigenvalue weighted by molar-refractivity contribution is 0.101. The third kappa shape index (κ3) is 2.30. The number of carbonyl (C=O) groups excluding carboxylic acids is 2. The summed E-state index contributed by atoms with van der Waals surface area (Å²) >= 11 is 0. The van der Waals surface area contributed by atoms with Gasteiger partial charge in [-0.2, -0.15) is 0 Å². The maximum absolute atomic E-state index is 13.6. The Bertz CT molecular complexity index is 1290. The first-order valence-electron chi connectivity index (χ1n) is 9.22. The van der Waals surface area contributed by atoms with E-state index in [4.69, 9.17) is 0 Å². The van der Waals surface area contributed by atoms with Gasteiger partial charge in [0.25, 0.3) is 0 Å². The third-order valence-electron chi connectivity index (χ3n) is 5.33. The Morgan fingerprint density at radius 2 is 1.21 bits per heavy atom. The number of carbonyl (C=O) groups is 2. The second kappa shape index (κ2) is 6.17. The number of rotatable bonds is 2. The van der Waals surface area contributed by atoms with Crippen LogP contribution in [0.15, 0.2) is 78.9 Å². The van der Waals surface area contributed by atoms with Gasteiger partial charge < -0.3 is 4.98 Å². The Balaban J connectivity index is 1.91. The van der Waals surface area contributed by atoms with E-state index < -0.39 is 0 Å². The van der Waals surface area contributed by atoms with Gasteiger partial charge in [0.1, 0.15) is 0 Å². The van der Waals surface area contributed by atoms with Crippen molar-refractivity contribution in [2.45, 2.75) is 6.92 Å². The molecule has 4 aromatic rings. The summed E-state index contributed by atoms with van der Waals surface area (Å²) in [6.07, 6.45) is 0. The first-order chi connectivity index (χ1) is 13.7. The monoisotopic (exact) mass is 363 g/mol. The summed E-state index contributed by atoms with van der Waals surface area (Å²) in [5.41, 5.74) is 5.28. The quantitative estimate of drug-likeness (QED) is 0.514. The van der Waals surface area contributed by atoms with Crippen LogP contribution in [0.3, 0.4) is 0 Å². The Labute approximate surface area is 162 Å². The number of para-hydroxylation sites is 1. The zero-order valence-corrected chi connectivity index (χ0v) is 15.3. The van der Waals surface area contributed by atoms with Gasteiger partial charge >= 0.3 is 0 Å². The van der Waals surface area contributed by atoms with Crippen LogP contribution >= 0.6 is 0 Å². The van der Waals surface area contributed by atoms with E-state index >= 15 is 0 Å². The van der Waals surface area contributed by atoms with Gasteiger partial charge in [0.2, 0.25) is 0 Å². The van der Waals surface area contributed by atoms with Gasteiger partial charge in [-0.15, -0.1) is 0 Å². The van der Waals surface area contributed by atoms with Crippen LogP contribution in [0.1, 0.15) is 37.5 Å². The number of H-pyrrole nitrogens is 1. The van der Waals surface area contributed by atoms with Crippen LogP contribution in [0.25, 0.3) is 22.0 Å². The van der Waals surface area contributed by atoms with Crippen LogP contribution in [0.4, 0.5) is 0 Å². The van der Waals surface area contributed by atoms with Crippen LogP contribution in [0.2, 0.25) is 0 Å². The number of fused-ring (bicyclic) bond motifs is 2. The average Bonchev–Trinajstić information content (AvgIpc) is 3.06. The molecule has 1 aromatic heterocycles. The maximum atomic E-state index is 13.6. The number of aryl methyl sites for hydroxylation is 1. The molecule has 0 unspecified atom stereocenters. The summed E-state index contributed by atoms with van der Waals surface area (Å²) in [6.45, 7) is 1.95. The van der Waals surface area contributed by atoms with E-state index in [9.17, 15) is 9.59 Å². The maximum Gasteiger partial charge on any atom is 0.195 e. The van der Waals surface area contributed by atoms with Crippen molar-refractivity contribution in [3.63, 3.8) is 0 Å². The first kappa shape index (κ1) is 16.5. The molecule has 3 heteroatoms. The van der Waals surface area contributed by atoms with E-state index in [1.54, 1.807) is 24.3 Å². The van der Waals surface area contributed by atoms with E-state index in [-0.39, 0.29) is 11.6 Å². The van der Waals surface area contributed by atoms with Crippen LogP contribution in [-0.2, 0) is 0 Å². The Morgan fingerprint density at radius 1 is 0.643 bits per heavy atom. The fraction of sp³-hybridized carbons (Fsp3) is 0.0400. The van der Waals surface area contributed by atoms with Gasteiger partial charge in [-0.3, -0.25) is 9.59 Å². The van der Waals surface area contributed by atoms with E-state index in [2.05, 4.69) is 4.98 Å². The van der Waals surface area contributed by atoms with Crippen molar-refractivity contribution >= 4 is 33.6 Å². The van der Waals surface area contributed by atoms with Crippen molar-refractivity contribution in [3.8, 4) is 0 Å². The minimum absolute atomic E-state index is 0.109. The molecule has 3 aromatic carbocycles. The highest BCUT2D eigenvalue weighted by Crippen LogP contribution is 2.41. The highest BCUT2D eigenvalue weighted by Gasteiger charge is 2.35. The molecule has 0 radical (unpaired) electrons. The lowest BCUT2D eigenvalue weighted by atomic mass is 9.78. The molecule has 28 heavy (non-hydrogen) atoms. The zero-order valence-electron chi connectivity index (χ0n) is 15.3. The number of nitrogens with one attached hydrogen (secondary N) is 1. The molecule has 0 saturated heterocycles. The van der Waals surface area contributed by atoms with Crippen molar-refractivity contribution in [2.75, 3.05) is 0 Å². The fourth-order valence-corrected chi connectivity index (χ4v) is 4.09. The molecule has 1 aliphatic carbocycles. The van der Waals surface area contributed by atoms with E-state index in [0.717, 1.165) is 27.7 Å². The van der Waals surface area contributed by atoms with Gasteiger partial charge in [-0.05, 0) is 18.6 Å². The van der Waals surface area contributed by atoms with Crippen LogP contribution in [0.5, 0.6) is 0 Å². The summed E-state index contributed by atoms with van der Waals surface area (Å²) in [5, 5.41) is 0.948. The standard InChI is InChI=1S/C25H17NO2/c1-15-21(19-13-7-8-14-20(19)26-15)23-22(16-9-3-2-4-10-16)24(27)17-11-5-6-12-18(17)25(23)28/h2-14,26H,1H3. The van der Waals surface area contributed by atoms with Crippen molar-refractivity contribution in [2.24, 2.45) is 0 Å². The lowest BCUT2D eigenvalue weighted by Crippen LogP contribution is -2.21. The van der Waals surface area contributed by atoms with Crippen molar-refractivity contribution in [1.82, 2.24) is 4.98 Å². The summed E-state index contributed by atoms with van der Waals surface area (Å²) < 4.78 is 0. The normalized spacial score (nSPS) is 13.9. The lowest BCUT2D eigenvalue weighted by Gasteiger charge is -2.22.